The molecule has 7 heterocycles. The first kappa shape index (κ1) is 45.3. The van der Waals surface area contributed by atoms with Crippen LogP contribution < -0.4 is 0 Å². The van der Waals surface area contributed by atoms with Crippen LogP contribution in [0.15, 0.2) is 274 Å². The van der Waals surface area contributed by atoms with Crippen LogP contribution in [0.2, 0.25) is 0 Å². The van der Waals surface area contributed by atoms with Gasteiger partial charge >= 0.3 is 0 Å². The highest BCUT2D eigenvalue weighted by atomic mass is 16.3. The maximum Gasteiger partial charge on any atom is 0.160 e. The van der Waals surface area contributed by atoms with Gasteiger partial charge in [-0.3, -0.25) is 0 Å². The molecule has 0 saturated heterocycles. The van der Waals surface area contributed by atoms with Gasteiger partial charge in [-0.15, -0.1) is 0 Å². The van der Waals surface area contributed by atoms with Gasteiger partial charge in [0.2, 0.25) is 0 Å². The molecule has 12 aromatic carbocycles. The van der Waals surface area contributed by atoms with Gasteiger partial charge in [-0.05, 0) is 109 Å². The number of para-hydroxylation sites is 6. The first-order chi connectivity index (χ1) is 41.6. The van der Waals surface area contributed by atoms with E-state index in [9.17, 15) is 0 Å². The van der Waals surface area contributed by atoms with E-state index in [1.54, 1.807) is 0 Å². The van der Waals surface area contributed by atoms with Gasteiger partial charge in [0.05, 0.1) is 44.5 Å². The first-order valence-corrected chi connectivity index (χ1v) is 28.4. The molecule has 0 atom stereocenters. The second kappa shape index (κ2) is 17.0. The Bertz CT molecular complexity index is 5750. The highest BCUT2D eigenvalue weighted by Gasteiger charge is 2.24. The van der Waals surface area contributed by atoms with E-state index >= 15 is 0 Å². The van der Waals surface area contributed by atoms with Crippen LogP contribution in [-0.4, -0.2) is 23.7 Å². The zero-order chi connectivity index (χ0) is 54.7. The third-order valence-electron chi connectivity index (χ3n) is 17.4. The molecular weight excluding hydrogens is 1030 g/mol. The zero-order valence-electron chi connectivity index (χ0n) is 44.8. The molecule has 0 amide bonds. The van der Waals surface area contributed by atoms with Gasteiger partial charge in [0.15, 0.2) is 22.6 Å². The summed E-state index contributed by atoms with van der Waals surface area (Å²) in [5, 5.41) is 13.4. The SMILES string of the molecule is c1cc(-c2cc(-c3cccc(-n4c5ccccc5c5ccc6c7ccccc7oc6c54)c3)nc(-c3ccc(-n4c5ccccc5c5ccc6c7ccccc7oc6c54)cc3)n2)cc(-n2c3ccccc3c3ccc4c5ccccc5oc4c32)c1. The number of furan rings is 3. The van der Waals surface area contributed by atoms with Gasteiger partial charge in [-0.25, -0.2) is 9.97 Å². The highest BCUT2D eigenvalue weighted by Crippen LogP contribution is 2.45. The summed E-state index contributed by atoms with van der Waals surface area (Å²) in [6.45, 7) is 0. The smallest absolute Gasteiger partial charge is 0.160 e. The molecule has 0 unspecified atom stereocenters. The molecule has 0 saturated carbocycles. The molecule has 0 radical (unpaired) electrons. The van der Waals surface area contributed by atoms with Crippen LogP contribution in [0, 0.1) is 0 Å². The molecule has 8 nitrogen and oxygen atoms in total. The molecule has 0 aliphatic rings. The lowest BCUT2D eigenvalue weighted by molar-refractivity contribution is 0.670. The number of benzene rings is 12. The summed E-state index contributed by atoms with van der Waals surface area (Å²) >= 11 is 0. The van der Waals surface area contributed by atoms with E-state index in [2.05, 4.69) is 250 Å². The van der Waals surface area contributed by atoms with E-state index in [0.717, 1.165) is 176 Å². The third-order valence-corrected chi connectivity index (χ3v) is 17.4. The molecule has 0 aliphatic heterocycles. The van der Waals surface area contributed by atoms with Crippen molar-refractivity contribution in [2.75, 3.05) is 0 Å². The van der Waals surface area contributed by atoms with Gasteiger partial charge in [0, 0.05) is 98.4 Å². The summed E-state index contributed by atoms with van der Waals surface area (Å²) < 4.78 is 27.3. The number of hydrogen-bond acceptors (Lipinski definition) is 5. The van der Waals surface area contributed by atoms with E-state index in [1.807, 2.05) is 24.3 Å². The monoisotopic (exact) mass is 1070 g/mol. The van der Waals surface area contributed by atoms with Gasteiger partial charge < -0.3 is 27.0 Å². The minimum Gasteiger partial charge on any atom is -0.454 e. The Hall–Kier alpha value is -11.5. The minimum absolute atomic E-state index is 0.605. The Morgan fingerprint density at radius 2 is 0.583 bits per heavy atom. The van der Waals surface area contributed by atoms with E-state index in [4.69, 9.17) is 23.2 Å². The van der Waals surface area contributed by atoms with Crippen LogP contribution in [0.5, 0.6) is 0 Å². The number of hydrogen-bond donors (Lipinski definition) is 0. The molecule has 19 rings (SSSR count). The van der Waals surface area contributed by atoms with Crippen molar-refractivity contribution in [1.82, 2.24) is 23.7 Å². The van der Waals surface area contributed by atoms with Crippen LogP contribution >= 0.6 is 0 Å². The van der Waals surface area contributed by atoms with Gasteiger partial charge in [0.25, 0.3) is 0 Å². The van der Waals surface area contributed by atoms with Crippen molar-refractivity contribution < 1.29 is 13.3 Å². The largest absolute Gasteiger partial charge is 0.454 e. The number of rotatable bonds is 6. The molecule has 19 aromatic rings. The Morgan fingerprint density at radius 3 is 0.988 bits per heavy atom. The Kier molecular flexibility index (Phi) is 9.18. The van der Waals surface area contributed by atoms with Crippen molar-refractivity contribution in [3.8, 4) is 51.0 Å². The molecule has 0 spiro atoms. The van der Waals surface area contributed by atoms with E-state index < -0.39 is 0 Å². The standard InChI is InChI=1S/C76H43N5O3/c1-7-25-64-50(19-1)56-35-38-59-53-22-4-10-28-67(53)82-73(59)70(56)79(64)47-33-31-44(32-34-47)76-77-62(45-15-13-17-48(41-45)80-65-26-8-2-20-51(65)57-36-39-60-54-23-5-11-29-68(54)83-74(60)71(57)80)43-63(78-76)46-16-14-18-49(42-46)81-66-27-9-3-21-52(66)58-37-40-61-55-24-6-12-30-69(55)84-75(61)72(58)81/h1-43H. The van der Waals surface area contributed by atoms with Gasteiger partial charge in [-0.1, -0.05) is 152 Å². The zero-order valence-corrected chi connectivity index (χ0v) is 44.8. The fraction of sp³-hybridized carbons (Fsp3) is 0. The molecule has 0 fully saturated rings. The molecule has 0 aliphatic carbocycles. The summed E-state index contributed by atoms with van der Waals surface area (Å²) in [5.41, 5.74) is 18.9. The quantitative estimate of drug-likeness (QED) is 0.166. The molecule has 8 heteroatoms. The lowest BCUT2D eigenvalue weighted by Gasteiger charge is -2.14. The lowest BCUT2D eigenvalue weighted by atomic mass is 10.0. The average molecular weight is 1070 g/mol. The second-order valence-electron chi connectivity index (χ2n) is 22.0. The summed E-state index contributed by atoms with van der Waals surface area (Å²) in [6, 6.07) is 92.3. The van der Waals surface area contributed by atoms with Crippen molar-refractivity contribution in [2.45, 2.75) is 0 Å². The summed E-state index contributed by atoms with van der Waals surface area (Å²) in [5.74, 6) is 0.605. The Morgan fingerprint density at radius 1 is 0.238 bits per heavy atom. The molecule has 0 bridgehead atoms. The fourth-order valence-electron chi connectivity index (χ4n) is 13.7. The first-order valence-electron chi connectivity index (χ1n) is 28.4. The number of nitrogens with zero attached hydrogens (tertiary/aromatic N) is 5. The average Bonchev–Trinajstić information content (AvgIpc) is 2.74. The van der Waals surface area contributed by atoms with Crippen molar-refractivity contribution in [3.63, 3.8) is 0 Å². The minimum atomic E-state index is 0.605. The fourth-order valence-corrected chi connectivity index (χ4v) is 13.7. The van der Waals surface area contributed by atoms with Crippen molar-refractivity contribution in [3.05, 3.63) is 261 Å². The van der Waals surface area contributed by atoms with E-state index in [1.165, 1.54) is 0 Å². The predicted octanol–water partition coefficient (Wildman–Crippen LogP) is 20.5. The van der Waals surface area contributed by atoms with Crippen LogP contribution in [0.4, 0.5) is 0 Å². The molecular formula is C76H43N5O3. The summed E-state index contributed by atoms with van der Waals surface area (Å²) in [7, 11) is 0. The number of aromatic nitrogens is 5. The van der Waals surface area contributed by atoms with E-state index in [-0.39, 0.29) is 0 Å². The summed E-state index contributed by atoms with van der Waals surface area (Å²) in [4.78, 5) is 11.0. The topological polar surface area (TPSA) is 80.0 Å². The van der Waals surface area contributed by atoms with Gasteiger partial charge in [0.1, 0.15) is 16.7 Å². The molecule has 84 heavy (non-hydrogen) atoms. The molecule has 390 valence electrons. The van der Waals surface area contributed by atoms with Crippen molar-refractivity contribution in [1.29, 1.82) is 0 Å². The third kappa shape index (κ3) is 6.36. The van der Waals surface area contributed by atoms with Crippen LogP contribution in [0.25, 0.3) is 182 Å². The Labute approximate surface area is 477 Å². The Balaban J connectivity index is 0.816. The van der Waals surface area contributed by atoms with Crippen molar-refractivity contribution >= 4 is 131 Å². The maximum absolute atomic E-state index is 6.77. The van der Waals surface area contributed by atoms with Gasteiger partial charge in [-0.2, -0.15) is 0 Å². The summed E-state index contributed by atoms with van der Waals surface area (Å²) in [6.07, 6.45) is 0. The normalized spacial score (nSPS) is 12.3. The predicted molar refractivity (Wildman–Crippen MR) is 343 cm³/mol. The van der Waals surface area contributed by atoms with Crippen LogP contribution in [-0.2, 0) is 0 Å². The maximum atomic E-state index is 6.77. The molecule has 7 aromatic heterocycles. The lowest BCUT2D eigenvalue weighted by Crippen LogP contribution is -1.99. The van der Waals surface area contributed by atoms with E-state index in [0.29, 0.717) is 5.82 Å². The number of fused-ring (bicyclic) bond motifs is 21. The molecule has 0 N–H and O–H groups in total. The van der Waals surface area contributed by atoms with Crippen LogP contribution in [0.1, 0.15) is 0 Å². The van der Waals surface area contributed by atoms with Crippen molar-refractivity contribution in [2.24, 2.45) is 0 Å². The van der Waals surface area contributed by atoms with Crippen LogP contribution in [0.3, 0.4) is 0 Å². The highest BCUT2D eigenvalue weighted by molar-refractivity contribution is 6.24. The second-order valence-corrected chi connectivity index (χ2v) is 22.0.